The lowest BCUT2D eigenvalue weighted by Gasteiger charge is -2.12. The summed E-state index contributed by atoms with van der Waals surface area (Å²) in [6.07, 6.45) is 0.792. The van der Waals surface area contributed by atoms with Crippen molar-refractivity contribution in [2.75, 3.05) is 7.11 Å². The van der Waals surface area contributed by atoms with Gasteiger partial charge in [-0.2, -0.15) is 0 Å². The lowest BCUT2D eigenvalue weighted by Crippen LogP contribution is -2.05. The molecule has 0 radical (unpaired) electrons. The molecule has 3 aromatic carbocycles. The van der Waals surface area contributed by atoms with E-state index in [1.165, 1.54) is 6.07 Å². The first-order valence-electron chi connectivity index (χ1n) is 8.40. The Morgan fingerprint density at radius 3 is 2.67 bits per heavy atom. The van der Waals surface area contributed by atoms with Crippen molar-refractivity contribution in [3.05, 3.63) is 82.2 Å². The quantitative estimate of drug-likeness (QED) is 0.391. The van der Waals surface area contributed by atoms with Crippen LogP contribution in [0.25, 0.3) is 21.7 Å². The lowest BCUT2D eigenvalue weighted by atomic mass is 10.0. The fourth-order valence-electron chi connectivity index (χ4n) is 3.14. The van der Waals surface area contributed by atoms with E-state index in [1.807, 2.05) is 36.4 Å². The molecule has 5 heteroatoms. The number of hydrogen-bond donors (Lipinski definition) is 0. The first-order valence-corrected chi connectivity index (χ1v) is 8.40. The topological polar surface area (TPSA) is 65.7 Å². The summed E-state index contributed by atoms with van der Waals surface area (Å²) in [4.78, 5) is 23.5. The maximum Gasteiger partial charge on any atom is 0.336 e. The Morgan fingerprint density at radius 2 is 1.85 bits per heavy atom. The summed E-state index contributed by atoms with van der Waals surface area (Å²) in [5, 5.41) is 2.54. The predicted molar refractivity (Wildman–Crippen MR) is 103 cm³/mol. The number of hydrogen-bond acceptors (Lipinski definition) is 5. The van der Waals surface area contributed by atoms with Crippen molar-refractivity contribution in [1.29, 1.82) is 0 Å². The smallest absolute Gasteiger partial charge is 0.336 e. The molecule has 0 fully saturated rings. The van der Waals surface area contributed by atoms with Crippen LogP contribution < -0.4 is 15.1 Å². The molecule has 0 amide bonds. The molecule has 134 valence electrons. The second-order valence-electron chi connectivity index (χ2n) is 6.06. The Labute approximate surface area is 154 Å². The van der Waals surface area contributed by atoms with Crippen LogP contribution in [0.4, 0.5) is 0 Å². The van der Waals surface area contributed by atoms with Gasteiger partial charge in [0.1, 0.15) is 23.7 Å². The Bertz CT molecular complexity index is 1210. The minimum atomic E-state index is -0.469. The number of benzene rings is 3. The number of fused-ring (bicyclic) bond motifs is 2. The largest absolute Gasteiger partial charge is 0.497 e. The van der Waals surface area contributed by atoms with Gasteiger partial charge in [0, 0.05) is 23.1 Å². The van der Waals surface area contributed by atoms with Crippen LogP contribution in [0.1, 0.15) is 15.9 Å². The maximum atomic E-state index is 11.9. The number of methoxy groups -OCH3 is 1. The minimum Gasteiger partial charge on any atom is -0.497 e. The second kappa shape index (κ2) is 6.96. The summed E-state index contributed by atoms with van der Waals surface area (Å²) >= 11 is 0. The van der Waals surface area contributed by atoms with Gasteiger partial charge in [-0.15, -0.1) is 0 Å². The van der Waals surface area contributed by atoms with Gasteiger partial charge in [0.15, 0.2) is 6.29 Å². The van der Waals surface area contributed by atoms with Crippen molar-refractivity contribution in [2.24, 2.45) is 0 Å². The summed E-state index contributed by atoms with van der Waals surface area (Å²) < 4.78 is 16.3. The first-order chi connectivity index (χ1) is 13.2. The van der Waals surface area contributed by atoms with E-state index in [4.69, 9.17) is 13.9 Å². The Morgan fingerprint density at radius 1 is 1.00 bits per heavy atom. The monoisotopic (exact) mass is 360 g/mol. The summed E-state index contributed by atoms with van der Waals surface area (Å²) in [5.41, 5.74) is 1.12. The molecule has 1 heterocycles. The van der Waals surface area contributed by atoms with E-state index in [2.05, 4.69) is 0 Å². The van der Waals surface area contributed by atoms with Crippen LogP contribution in [0.5, 0.6) is 11.5 Å². The molecular formula is C22H16O5. The number of aldehydes is 1. The first kappa shape index (κ1) is 16.8. The van der Waals surface area contributed by atoms with Crippen LogP contribution in [0, 0.1) is 0 Å². The number of ether oxygens (including phenoxy) is 2. The molecule has 4 aromatic rings. The van der Waals surface area contributed by atoms with E-state index in [-0.39, 0.29) is 6.61 Å². The van der Waals surface area contributed by atoms with E-state index in [1.54, 1.807) is 25.3 Å². The summed E-state index contributed by atoms with van der Waals surface area (Å²) in [6, 6.07) is 17.9. The van der Waals surface area contributed by atoms with Gasteiger partial charge in [-0.25, -0.2) is 4.79 Å². The zero-order valence-corrected chi connectivity index (χ0v) is 14.6. The molecule has 0 saturated heterocycles. The predicted octanol–water partition coefficient (Wildman–Crippen LogP) is 4.35. The van der Waals surface area contributed by atoms with Gasteiger partial charge in [0.05, 0.1) is 12.7 Å². The minimum absolute atomic E-state index is 0.133. The number of rotatable bonds is 5. The second-order valence-corrected chi connectivity index (χ2v) is 6.06. The molecule has 27 heavy (non-hydrogen) atoms. The molecule has 0 atom stereocenters. The standard InChI is InChI=1S/C22H16O5/c1-25-16-7-8-18-15(10-22(24)27-21(18)11-16)13-26-20-9-6-14-4-2-3-5-17(14)19(20)12-23/h2-12H,13H2,1H3. The average Bonchev–Trinajstić information content (AvgIpc) is 2.70. The highest BCUT2D eigenvalue weighted by Crippen LogP contribution is 2.28. The highest BCUT2D eigenvalue weighted by molar-refractivity contribution is 6.00. The fraction of sp³-hybridized carbons (Fsp3) is 0.0909. The van der Waals surface area contributed by atoms with Crippen molar-refractivity contribution in [3.63, 3.8) is 0 Å². The van der Waals surface area contributed by atoms with Crippen LogP contribution in [0.15, 0.2) is 69.9 Å². The van der Waals surface area contributed by atoms with E-state index >= 15 is 0 Å². The van der Waals surface area contributed by atoms with E-state index < -0.39 is 5.63 Å². The fourth-order valence-corrected chi connectivity index (χ4v) is 3.14. The zero-order chi connectivity index (χ0) is 18.8. The molecule has 1 aromatic heterocycles. The summed E-state index contributed by atoms with van der Waals surface area (Å²) in [6.45, 7) is 0.133. The van der Waals surface area contributed by atoms with Gasteiger partial charge in [-0.3, -0.25) is 4.79 Å². The van der Waals surface area contributed by atoms with Crippen molar-refractivity contribution < 1.29 is 18.7 Å². The van der Waals surface area contributed by atoms with Crippen molar-refractivity contribution in [3.8, 4) is 11.5 Å². The molecule has 0 saturated carbocycles. The van der Waals surface area contributed by atoms with Gasteiger partial charge in [0.2, 0.25) is 0 Å². The molecule has 0 spiro atoms. The number of carbonyl (C=O) groups is 1. The van der Waals surface area contributed by atoms with E-state index in [0.717, 1.165) is 22.4 Å². The van der Waals surface area contributed by atoms with Crippen LogP contribution in [-0.4, -0.2) is 13.4 Å². The van der Waals surface area contributed by atoms with Gasteiger partial charge in [-0.1, -0.05) is 30.3 Å². The number of carbonyl (C=O) groups excluding carboxylic acids is 1. The lowest BCUT2D eigenvalue weighted by molar-refractivity contribution is 0.112. The molecule has 0 aliphatic carbocycles. The van der Waals surface area contributed by atoms with E-state index in [9.17, 15) is 9.59 Å². The SMILES string of the molecule is COc1ccc2c(COc3ccc4ccccc4c3C=O)cc(=O)oc2c1. The highest BCUT2D eigenvalue weighted by Gasteiger charge is 2.11. The normalized spacial score (nSPS) is 10.9. The molecule has 0 bridgehead atoms. The molecule has 0 aliphatic rings. The van der Waals surface area contributed by atoms with Crippen molar-refractivity contribution in [2.45, 2.75) is 6.61 Å². The molecule has 0 aliphatic heterocycles. The van der Waals surface area contributed by atoms with Crippen LogP contribution in [0.3, 0.4) is 0 Å². The highest BCUT2D eigenvalue weighted by atomic mass is 16.5. The maximum absolute atomic E-state index is 11.9. The molecule has 4 rings (SSSR count). The van der Waals surface area contributed by atoms with Gasteiger partial charge >= 0.3 is 5.63 Å². The molecular weight excluding hydrogens is 344 g/mol. The van der Waals surface area contributed by atoms with Crippen LogP contribution >= 0.6 is 0 Å². The third-order valence-corrected chi connectivity index (χ3v) is 4.47. The van der Waals surface area contributed by atoms with Crippen LogP contribution in [0.2, 0.25) is 0 Å². The van der Waals surface area contributed by atoms with Crippen molar-refractivity contribution in [1.82, 2.24) is 0 Å². The molecule has 0 unspecified atom stereocenters. The third-order valence-electron chi connectivity index (χ3n) is 4.47. The van der Waals surface area contributed by atoms with E-state index in [0.29, 0.717) is 28.2 Å². The van der Waals surface area contributed by atoms with Crippen LogP contribution in [-0.2, 0) is 6.61 Å². The zero-order valence-electron chi connectivity index (χ0n) is 14.6. The summed E-state index contributed by atoms with van der Waals surface area (Å²) in [7, 11) is 1.55. The van der Waals surface area contributed by atoms with Gasteiger partial charge in [-0.05, 0) is 29.0 Å². The Kier molecular flexibility index (Phi) is 4.34. The Balaban J connectivity index is 1.73. The molecule has 5 nitrogen and oxygen atoms in total. The van der Waals surface area contributed by atoms with Gasteiger partial charge < -0.3 is 13.9 Å². The summed E-state index contributed by atoms with van der Waals surface area (Å²) in [5.74, 6) is 1.07. The average molecular weight is 360 g/mol. The Hall–Kier alpha value is -3.60. The van der Waals surface area contributed by atoms with Gasteiger partial charge in [0.25, 0.3) is 0 Å². The molecule has 0 N–H and O–H groups in total. The third kappa shape index (κ3) is 3.15. The van der Waals surface area contributed by atoms with Crippen molar-refractivity contribution >= 4 is 28.0 Å².